The Bertz CT molecular complexity index is 473. The van der Waals surface area contributed by atoms with Crippen LogP contribution in [-0.4, -0.2) is 51.2 Å². The molecule has 1 aromatic heterocycles. The molecule has 1 amide bonds. The number of carboxylic acids is 1. The molecule has 1 unspecified atom stereocenters. The molecule has 104 valence electrons. The fourth-order valence-corrected chi connectivity index (χ4v) is 1.95. The third-order valence-electron chi connectivity index (χ3n) is 2.88. The highest BCUT2D eigenvalue weighted by Crippen LogP contribution is 2.10. The third-order valence-corrected chi connectivity index (χ3v) is 2.88. The Balaban J connectivity index is 2.05. The van der Waals surface area contributed by atoms with Gasteiger partial charge in [0.25, 0.3) is 0 Å². The normalized spacial score (nSPS) is 20.3. The smallest absolute Gasteiger partial charge is 0.322 e. The summed E-state index contributed by atoms with van der Waals surface area (Å²) in [5, 5.41) is 15.4. The Hall–Kier alpha value is -1.96. The predicted octanol–water partition coefficient (Wildman–Crippen LogP) is -0.593. The van der Waals surface area contributed by atoms with E-state index in [4.69, 9.17) is 9.63 Å². The summed E-state index contributed by atoms with van der Waals surface area (Å²) in [6.45, 7) is 2.30. The van der Waals surface area contributed by atoms with Crippen LogP contribution in [-0.2, 0) is 22.6 Å². The van der Waals surface area contributed by atoms with E-state index in [1.54, 1.807) is 0 Å². The lowest BCUT2D eigenvalue weighted by Crippen LogP contribution is -2.57. The van der Waals surface area contributed by atoms with Crippen molar-refractivity contribution in [1.82, 2.24) is 20.4 Å². The van der Waals surface area contributed by atoms with Gasteiger partial charge in [-0.15, -0.1) is 0 Å². The number of aryl methyl sites for hydroxylation is 1. The van der Waals surface area contributed by atoms with Gasteiger partial charge in [-0.05, 0) is 6.42 Å². The molecule has 0 bridgehead atoms. The van der Waals surface area contributed by atoms with Gasteiger partial charge in [0, 0.05) is 13.0 Å². The molecule has 2 rings (SSSR count). The zero-order chi connectivity index (χ0) is 13.8. The van der Waals surface area contributed by atoms with E-state index in [2.05, 4.69) is 15.5 Å². The van der Waals surface area contributed by atoms with Crippen LogP contribution in [0.3, 0.4) is 0 Å². The lowest BCUT2D eigenvalue weighted by atomic mass is 10.2. The number of amides is 1. The van der Waals surface area contributed by atoms with Crippen LogP contribution in [0.2, 0.25) is 0 Å². The molecule has 2 heterocycles. The first-order chi connectivity index (χ1) is 9.10. The van der Waals surface area contributed by atoms with Crippen molar-refractivity contribution in [2.24, 2.45) is 0 Å². The molecule has 0 aromatic carbocycles. The summed E-state index contributed by atoms with van der Waals surface area (Å²) in [4.78, 5) is 28.1. The molecule has 8 heteroatoms. The maximum Gasteiger partial charge on any atom is 0.322 e. The van der Waals surface area contributed by atoms with Crippen molar-refractivity contribution in [1.29, 1.82) is 0 Å². The summed E-state index contributed by atoms with van der Waals surface area (Å²) in [7, 11) is 0. The Labute approximate surface area is 109 Å². The van der Waals surface area contributed by atoms with Gasteiger partial charge in [0.2, 0.25) is 11.8 Å². The van der Waals surface area contributed by atoms with E-state index in [1.165, 1.54) is 4.90 Å². The predicted molar refractivity (Wildman–Crippen MR) is 63.1 cm³/mol. The fourth-order valence-electron chi connectivity index (χ4n) is 1.95. The standard InChI is InChI=1S/C11H16N4O4/c1-2-3-10-13-8(14-19-10)5-15-6-9(16)12-4-7(15)11(17)18/h7H,2-6H2,1H3,(H,12,16)(H,17,18). The molecular weight excluding hydrogens is 252 g/mol. The van der Waals surface area contributed by atoms with Crippen molar-refractivity contribution in [3.05, 3.63) is 11.7 Å². The van der Waals surface area contributed by atoms with Crippen molar-refractivity contribution in [2.75, 3.05) is 13.1 Å². The van der Waals surface area contributed by atoms with Crippen molar-refractivity contribution >= 4 is 11.9 Å². The maximum absolute atomic E-state index is 11.3. The van der Waals surface area contributed by atoms with Crippen molar-refractivity contribution in [2.45, 2.75) is 32.4 Å². The van der Waals surface area contributed by atoms with Crippen LogP contribution in [0.1, 0.15) is 25.1 Å². The SMILES string of the molecule is CCCc1nc(CN2CC(=O)NCC2C(=O)O)no1. The lowest BCUT2D eigenvalue weighted by molar-refractivity contribution is -0.146. The summed E-state index contributed by atoms with van der Waals surface area (Å²) in [5.41, 5.74) is 0. The van der Waals surface area contributed by atoms with E-state index in [9.17, 15) is 9.59 Å². The minimum Gasteiger partial charge on any atom is -0.480 e. The second-order valence-corrected chi connectivity index (χ2v) is 4.42. The summed E-state index contributed by atoms with van der Waals surface area (Å²) >= 11 is 0. The first-order valence-corrected chi connectivity index (χ1v) is 6.15. The zero-order valence-corrected chi connectivity index (χ0v) is 10.6. The van der Waals surface area contributed by atoms with Crippen LogP contribution >= 0.6 is 0 Å². The van der Waals surface area contributed by atoms with E-state index in [-0.39, 0.29) is 25.5 Å². The van der Waals surface area contributed by atoms with Gasteiger partial charge in [-0.2, -0.15) is 4.98 Å². The molecule has 19 heavy (non-hydrogen) atoms. The molecule has 0 saturated carbocycles. The van der Waals surface area contributed by atoms with E-state index >= 15 is 0 Å². The number of aromatic nitrogens is 2. The van der Waals surface area contributed by atoms with Crippen LogP contribution in [0.15, 0.2) is 4.52 Å². The largest absolute Gasteiger partial charge is 0.480 e. The molecular formula is C11H16N4O4. The quantitative estimate of drug-likeness (QED) is 0.734. The minimum absolute atomic E-state index is 0.0224. The number of hydrogen-bond acceptors (Lipinski definition) is 6. The van der Waals surface area contributed by atoms with Crippen LogP contribution in [0, 0.1) is 0 Å². The summed E-state index contributed by atoms with van der Waals surface area (Å²) in [6, 6.07) is -0.758. The van der Waals surface area contributed by atoms with Crippen LogP contribution in [0.5, 0.6) is 0 Å². The van der Waals surface area contributed by atoms with Gasteiger partial charge in [-0.3, -0.25) is 14.5 Å². The number of aliphatic carboxylic acids is 1. The average molecular weight is 268 g/mol. The number of nitrogens with one attached hydrogen (secondary N) is 1. The Morgan fingerprint density at radius 2 is 2.42 bits per heavy atom. The second kappa shape index (κ2) is 5.79. The molecule has 1 fully saturated rings. The average Bonchev–Trinajstić information content (AvgIpc) is 2.77. The van der Waals surface area contributed by atoms with Gasteiger partial charge in [-0.1, -0.05) is 12.1 Å². The van der Waals surface area contributed by atoms with Crippen molar-refractivity contribution in [3.8, 4) is 0 Å². The van der Waals surface area contributed by atoms with E-state index in [0.29, 0.717) is 18.1 Å². The van der Waals surface area contributed by atoms with Crippen molar-refractivity contribution < 1.29 is 19.2 Å². The highest BCUT2D eigenvalue weighted by molar-refractivity contribution is 5.83. The molecule has 1 aromatic rings. The Morgan fingerprint density at radius 3 is 3.11 bits per heavy atom. The molecule has 1 aliphatic heterocycles. The van der Waals surface area contributed by atoms with Gasteiger partial charge in [0.15, 0.2) is 5.82 Å². The molecule has 1 atom stereocenters. The first kappa shape index (κ1) is 13.5. The highest BCUT2D eigenvalue weighted by atomic mass is 16.5. The molecule has 2 N–H and O–H groups in total. The first-order valence-electron chi connectivity index (χ1n) is 6.15. The lowest BCUT2D eigenvalue weighted by Gasteiger charge is -2.31. The minimum atomic E-state index is -0.975. The number of carbonyl (C=O) groups is 2. The second-order valence-electron chi connectivity index (χ2n) is 4.42. The van der Waals surface area contributed by atoms with E-state index in [1.807, 2.05) is 6.92 Å². The molecule has 0 spiro atoms. The molecule has 0 aliphatic carbocycles. The number of hydrogen-bond donors (Lipinski definition) is 2. The van der Waals surface area contributed by atoms with Gasteiger partial charge >= 0.3 is 5.97 Å². The number of nitrogens with zero attached hydrogens (tertiary/aromatic N) is 3. The summed E-state index contributed by atoms with van der Waals surface area (Å²) < 4.78 is 5.03. The topological polar surface area (TPSA) is 109 Å². The zero-order valence-electron chi connectivity index (χ0n) is 10.6. The number of rotatable bonds is 5. The number of piperazine rings is 1. The molecule has 8 nitrogen and oxygen atoms in total. The third kappa shape index (κ3) is 3.28. The highest BCUT2D eigenvalue weighted by Gasteiger charge is 2.32. The van der Waals surface area contributed by atoms with Gasteiger partial charge in [-0.25, -0.2) is 0 Å². The maximum atomic E-state index is 11.3. The van der Waals surface area contributed by atoms with Gasteiger partial charge in [0.1, 0.15) is 6.04 Å². The monoisotopic (exact) mass is 268 g/mol. The summed E-state index contributed by atoms with van der Waals surface area (Å²) in [6.07, 6.45) is 1.58. The fraction of sp³-hybridized carbons (Fsp3) is 0.636. The Kier molecular flexibility index (Phi) is 4.10. The number of carboxylic acid groups (broad SMARTS) is 1. The molecule has 1 aliphatic rings. The number of carbonyl (C=O) groups excluding carboxylic acids is 1. The van der Waals surface area contributed by atoms with Gasteiger partial charge < -0.3 is 14.9 Å². The molecule has 0 radical (unpaired) electrons. The van der Waals surface area contributed by atoms with Crippen molar-refractivity contribution in [3.63, 3.8) is 0 Å². The van der Waals surface area contributed by atoms with E-state index in [0.717, 1.165) is 6.42 Å². The van der Waals surface area contributed by atoms with Gasteiger partial charge in [0.05, 0.1) is 13.1 Å². The van der Waals surface area contributed by atoms with Crippen LogP contribution in [0.4, 0.5) is 0 Å². The van der Waals surface area contributed by atoms with Crippen LogP contribution in [0.25, 0.3) is 0 Å². The van der Waals surface area contributed by atoms with E-state index < -0.39 is 12.0 Å². The summed E-state index contributed by atoms with van der Waals surface area (Å²) in [5.74, 6) is -0.234. The Morgan fingerprint density at radius 1 is 1.63 bits per heavy atom. The molecule has 1 saturated heterocycles. The van der Waals surface area contributed by atoms with Crippen LogP contribution < -0.4 is 5.32 Å².